The van der Waals surface area contributed by atoms with Crippen molar-refractivity contribution in [2.75, 3.05) is 20.3 Å². The highest BCUT2D eigenvalue weighted by Crippen LogP contribution is 2.29. The first-order valence-electron chi connectivity index (χ1n) is 5.53. The molecule has 0 bridgehead atoms. The summed E-state index contributed by atoms with van der Waals surface area (Å²) in [5, 5.41) is 5.34. The average molecular weight is 311 g/mol. The summed E-state index contributed by atoms with van der Waals surface area (Å²) in [7, 11) is 1.37. The lowest BCUT2D eigenvalue weighted by Gasteiger charge is -2.26. The number of carbonyl (C=O) groups is 1. The highest BCUT2D eigenvalue weighted by Gasteiger charge is 2.24. The normalized spacial score (nSPS) is 15.7. The summed E-state index contributed by atoms with van der Waals surface area (Å²) in [5.74, 6) is -0.352. The van der Waals surface area contributed by atoms with Gasteiger partial charge in [-0.1, -0.05) is 15.9 Å². The molecule has 5 nitrogen and oxygen atoms in total. The van der Waals surface area contributed by atoms with Gasteiger partial charge in [-0.2, -0.15) is 5.10 Å². The first kappa shape index (κ1) is 11.7. The van der Waals surface area contributed by atoms with Crippen LogP contribution in [0, 0.1) is 0 Å². The van der Waals surface area contributed by atoms with E-state index in [1.54, 1.807) is 18.3 Å². The Morgan fingerprint density at radius 2 is 2.33 bits per heavy atom. The second-order valence-electron chi connectivity index (χ2n) is 4.16. The maximum absolute atomic E-state index is 11.6. The molecule has 6 heteroatoms. The van der Waals surface area contributed by atoms with E-state index in [0.717, 1.165) is 15.4 Å². The number of benzene rings is 1. The number of aromatic nitrogens is 2. The minimum atomic E-state index is -0.352. The molecule has 0 unspecified atom stereocenters. The standard InChI is InChI=1S/C12H11BrN2O3/c1-17-12(16)7-2-10(13)9-4-14-15(11(9)3-7)8-5-18-6-8/h2-4,8H,5-6H2,1H3. The molecule has 1 aliphatic heterocycles. The lowest BCUT2D eigenvalue weighted by Crippen LogP contribution is -2.31. The Labute approximate surface area is 112 Å². The van der Waals surface area contributed by atoms with Crippen molar-refractivity contribution in [3.8, 4) is 0 Å². The Morgan fingerprint density at radius 1 is 1.56 bits per heavy atom. The van der Waals surface area contributed by atoms with E-state index < -0.39 is 0 Å². The number of ether oxygens (including phenoxy) is 2. The third-order valence-electron chi connectivity index (χ3n) is 3.05. The number of carbonyl (C=O) groups excluding carboxylic acids is 1. The van der Waals surface area contributed by atoms with Crippen molar-refractivity contribution >= 4 is 32.8 Å². The van der Waals surface area contributed by atoms with Gasteiger partial charge in [0.2, 0.25) is 0 Å². The second kappa shape index (κ2) is 4.37. The predicted molar refractivity (Wildman–Crippen MR) is 68.6 cm³/mol. The quantitative estimate of drug-likeness (QED) is 0.798. The zero-order valence-electron chi connectivity index (χ0n) is 9.72. The van der Waals surface area contributed by atoms with Gasteiger partial charge >= 0.3 is 5.97 Å². The number of hydrogen-bond acceptors (Lipinski definition) is 4. The summed E-state index contributed by atoms with van der Waals surface area (Å²) >= 11 is 3.46. The number of halogens is 1. The van der Waals surface area contributed by atoms with E-state index in [-0.39, 0.29) is 12.0 Å². The average Bonchev–Trinajstić information content (AvgIpc) is 2.70. The molecule has 18 heavy (non-hydrogen) atoms. The van der Waals surface area contributed by atoms with Gasteiger partial charge < -0.3 is 9.47 Å². The Balaban J connectivity index is 2.16. The fourth-order valence-electron chi connectivity index (χ4n) is 1.99. The summed E-state index contributed by atoms with van der Waals surface area (Å²) in [6.07, 6.45) is 1.79. The van der Waals surface area contributed by atoms with Crippen molar-refractivity contribution in [2.24, 2.45) is 0 Å². The number of fused-ring (bicyclic) bond motifs is 1. The van der Waals surface area contributed by atoms with Crippen LogP contribution in [0.3, 0.4) is 0 Å². The Bertz CT molecular complexity index is 619. The monoisotopic (exact) mass is 310 g/mol. The van der Waals surface area contributed by atoms with Gasteiger partial charge in [0.1, 0.15) is 0 Å². The molecule has 0 aliphatic carbocycles. The van der Waals surface area contributed by atoms with E-state index in [4.69, 9.17) is 9.47 Å². The molecule has 1 aliphatic rings. The molecule has 1 saturated heterocycles. The van der Waals surface area contributed by atoms with Crippen LogP contribution in [0.15, 0.2) is 22.8 Å². The van der Waals surface area contributed by atoms with E-state index in [2.05, 4.69) is 21.0 Å². The van der Waals surface area contributed by atoms with Crippen molar-refractivity contribution in [3.05, 3.63) is 28.4 Å². The molecule has 94 valence electrons. The maximum atomic E-state index is 11.6. The number of hydrogen-bond donors (Lipinski definition) is 0. The van der Waals surface area contributed by atoms with Crippen LogP contribution in [0.1, 0.15) is 16.4 Å². The van der Waals surface area contributed by atoms with Gasteiger partial charge in [-0.15, -0.1) is 0 Å². The highest BCUT2D eigenvalue weighted by molar-refractivity contribution is 9.10. The van der Waals surface area contributed by atoms with Gasteiger partial charge in [-0.05, 0) is 12.1 Å². The van der Waals surface area contributed by atoms with Crippen LogP contribution in [0.4, 0.5) is 0 Å². The molecule has 1 fully saturated rings. The molecule has 3 rings (SSSR count). The van der Waals surface area contributed by atoms with E-state index in [1.165, 1.54) is 7.11 Å². The van der Waals surface area contributed by atoms with Gasteiger partial charge in [0.25, 0.3) is 0 Å². The van der Waals surface area contributed by atoms with Gasteiger partial charge in [0.15, 0.2) is 0 Å². The van der Waals surface area contributed by atoms with E-state index in [1.807, 2.05) is 4.68 Å². The van der Waals surface area contributed by atoms with Gasteiger partial charge in [0.05, 0.1) is 43.6 Å². The fraction of sp³-hybridized carbons (Fsp3) is 0.333. The molecule has 0 amide bonds. The third-order valence-corrected chi connectivity index (χ3v) is 3.71. The topological polar surface area (TPSA) is 53.3 Å². The molecular weight excluding hydrogens is 300 g/mol. The van der Waals surface area contributed by atoms with Crippen LogP contribution in [-0.2, 0) is 9.47 Å². The molecule has 1 aromatic heterocycles. The molecule has 0 N–H and O–H groups in total. The minimum absolute atomic E-state index is 0.252. The van der Waals surface area contributed by atoms with Crippen LogP contribution in [0.25, 0.3) is 10.9 Å². The molecule has 0 radical (unpaired) electrons. The van der Waals surface area contributed by atoms with Crippen LogP contribution in [0.5, 0.6) is 0 Å². The molecule has 2 heterocycles. The third kappa shape index (κ3) is 1.72. The zero-order valence-corrected chi connectivity index (χ0v) is 11.3. The fourth-order valence-corrected chi connectivity index (χ4v) is 2.55. The molecule has 0 saturated carbocycles. The summed E-state index contributed by atoms with van der Waals surface area (Å²) < 4.78 is 12.7. The molecule has 0 spiro atoms. The van der Waals surface area contributed by atoms with Crippen LogP contribution >= 0.6 is 15.9 Å². The lowest BCUT2D eigenvalue weighted by molar-refractivity contribution is -0.0266. The van der Waals surface area contributed by atoms with Crippen molar-refractivity contribution in [1.29, 1.82) is 0 Å². The summed E-state index contributed by atoms with van der Waals surface area (Å²) in [4.78, 5) is 11.6. The first-order valence-corrected chi connectivity index (χ1v) is 6.33. The number of esters is 1. The minimum Gasteiger partial charge on any atom is -0.465 e. The Kier molecular flexibility index (Phi) is 2.83. The number of rotatable bonds is 2. The van der Waals surface area contributed by atoms with Gasteiger partial charge in [-0.25, -0.2) is 4.79 Å². The largest absolute Gasteiger partial charge is 0.465 e. The van der Waals surface area contributed by atoms with Crippen molar-refractivity contribution in [2.45, 2.75) is 6.04 Å². The highest BCUT2D eigenvalue weighted by atomic mass is 79.9. The van der Waals surface area contributed by atoms with Crippen molar-refractivity contribution < 1.29 is 14.3 Å². The second-order valence-corrected chi connectivity index (χ2v) is 5.02. The number of nitrogens with zero attached hydrogens (tertiary/aromatic N) is 2. The Hall–Kier alpha value is -1.40. The molecular formula is C12H11BrN2O3. The van der Waals surface area contributed by atoms with Crippen LogP contribution < -0.4 is 0 Å². The molecule has 2 aromatic rings. The molecule has 1 aromatic carbocycles. The summed E-state index contributed by atoms with van der Waals surface area (Å²) in [6.45, 7) is 1.33. The van der Waals surface area contributed by atoms with Crippen LogP contribution in [-0.4, -0.2) is 36.1 Å². The van der Waals surface area contributed by atoms with E-state index in [0.29, 0.717) is 18.8 Å². The van der Waals surface area contributed by atoms with Gasteiger partial charge in [-0.3, -0.25) is 4.68 Å². The van der Waals surface area contributed by atoms with Gasteiger partial charge in [0, 0.05) is 9.86 Å². The first-order chi connectivity index (χ1) is 8.70. The van der Waals surface area contributed by atoms with E-state index in [9.17, 15) is 4.79 Å². The summed E-state index contributed by atoms with van der Waals surface area (Å²) in [6, 6.07) is 3.80. The molecule has 0 atom stereocenters. The predicted octanol–water partition coefficient (Wildman–Crippen LogP) is 2.16. The summed E-state index contributed by atoms with van der Waals surface area (Å²) in [5.41, 5.74) is 1.43. The van der Waals surface area contributed by atoms with Crippen molar-refractivity contribution in [1.82, 2.24) is 9.78 Å². The van der Waals surface area contributed by atoms with E-state index >= 15 is 0 Å². The number of methoxy groups -OCH3 is 1. The Morgan fingerprint density at radius 3 is 2.94 bits per heavy atom. The smallest absolute Gasteiger partial charge is 0.337 e. The zero-order chi connectivity index (χ0) is 12.7. The maximum Gasteiger partial charge on any atom is 0.337 e. The van der Waals surface area contributed by atoms with Crippen molar-refractivity contribution in [3.63, 3.8) is 0 Å². The van der Waals surface area contributed by atoms with Crippen LogP contribution in [0.2, 0.25) is 0 Å². The lowest BCUT2D eigenvalue weighted by atomic mass is 10.1. The SMILES string of the molecule is COC(=O)c1cc(Br)c2cnn(C3COC3)c2c1.